The van der Waals surface area contributed by atoms with Gasteiger partial charge in [-0.25, -0.2) is 0 Å². The van der Waals surface area contributed by atoms with E-state index in [1.165, 1.54) is 103 Å². The van der Waals surface area contributed by atoms with Gasteiger partial charge in [-0.2, -0.15) is 0 Å². The molecule has 32 heavy (non-hydrogen) atoms. The Morgan fingerprint density at radius 2 is 0.844 bits per heavy atom. The maximum Gasteiger partial charge on any atom is 0.529 e. The standard InChI is InChI=1S/C28H56O3Si/c1-5-9-10-11-12-13-14-15-16-17-18-19-20-21-22-23-24-25-26-27-28-32(29-6-2,30-7-3)31-8-4/h25-28H,5-24H2,1-4H3. The topological polar surface area (TPSA) is 27.7 Å². The minimum atomic E-state index is -2.64. The molecule has 0 heterocycles. The van der Waals surface area contributed by atoms with Crippen LogP contribution < -0.4 is 0 Å². The summed E-state index contributed by atoms with van der Waals surface area (Å²) in [4.78, 5) is 0. The van der Waals surface area contributed by atoms with Crippen molar-refractivity contribution in [2.24, 2.45) is 0 Å². The van der Waals surface area contributed by atoms with Crippen molar-refractivity contribution in [1.29, 1.82) is 0 Å². The van der Waals surface area contributed by atoms with E-state index < -0.39 is 8.80 Å². The van der Waals surface area contributed by atoms with Gasteiger partial charge in [0.15, 0.2) is 0 Å². The van der Waals surface area contributed by atoms with E-state index in [0.29, 0.717) is 19.8 Å². The van der Waals surface area contributed by atoms with E-state index in [9.17, 15) is 0 Å². The van der Waals surface area contributed by atoms with E-state index in [1.807, 2.05) is 32.5 Å². The van der Waals surface area contributed by atoms with Gasteiger partial charge in [0, 0.05) is 19.8 Å². The van der Waals surface area contributed by atoms with Gasteiger partial charge < -0.3 is 13.3 Å². The van der Waals surface area contributed by atoms with E-state index in [0.717, 1.165) is 6.42 Å². The zero-order valence-electron chi connectivity index (χ0n) is 22.2. The van der Waals surface area contributed by atoms with Gasteiger partial charge in [0.05, 0.1) is 0 Å². The lowest BCUT2D eigenvalue weighted by Crippen LogP contribution is -2.44. The second-order valence-corrected chi connectivity index (χ2v) is 11.2. The van der Waals surface area contributed by atoms with Gasteiger partial charge in [0.1, 0.15) is 0 Å². The molecule has 0 spiro atoms. The number of allylic oxidation sites excluding steroid dienone is 3. The number of rotatable bonds is 25. The number of unbranched alkanes of at least 4 members (excludes halogenated alkanes) is 16. The zero-order valence-corrected chi connectivity index (χ0v) is 23.2. The van der Waals surface area contributed by atoms with Crippen LogP contribution in [0.1, 0.15) is 137 Å². The molecule has 190 valence electrons. The van der Waals surface area contributed by atoms with E-state index in [1.54, 1.807) is 0 Å². The van der Waals surface area contributed by atoms with Crippen LogP contribution in [0.15, 0.2) is 23.9 Å². The van der Waals surface area contributed by atoms with Gasteiger partial charge in [-0.1, -0.05) is 121 Å². The summed E-state index contributed by atoms with van der Waals surface area (Å²) >= 11 is 0. The first-order valence-corrected chi connectivity index (χ1v) is 15.8. The van der Waals surface area contributed by atoms with Crippen molar-refractivity contribution in [3.8, 4) is 0 Å². The van der Waals surface area contributed by atoms with Crippen molar-refractivity contribution in [3.63, 3.8) is 0 Å². The molecule has 0 saturated heterocycles. The van der Waals surface area contributed by atoms with Crippen molar-refractivity contribution < 1.29 is 13.3 Å². The maximum atomic E-state index is 5.82. The molecule has 0 aromatic carbocycles. The van der Waals surface area contributed by atoms with Crippen LogP contribution in [0.4, 0.5) is 0 Å². The van der Waals surface area contributed by atoms with Gasteiger partial charge in [0.2, 0.25) is 0 Å². The second-order valence-electron chi connectivity index (χ2n) is 8.78. The Morgan fingerprint density at radius 1 is 0.469 bits per heavy atom. The van der Waals surface area contributed by atoms with Crippen LogP contribution >= 0.6 is 0 Å². The second kappa shape index (κ2) is 25.2. The normalized spacial score (nSPS) is 12.5. The number of hydrogen-bond acceptors (Lipinski definition) is 3. The molecule has 0 aliphatic rings. The monoisotopic (exact) mass is 468 g/mol. The first kappa shape index (κ1) is 31.6. The molecule has 3 nitrogen and oxygen atoms in total. The molecule has 0 bridgehead atoms. The van der Waals surface area contributed by atoms with E-state index in [2.05, 4.69) is 19.1 Å². The van der Waals surface area contributed by atoms with Gasteiger partial charge in [-0.3, -0.25) is 0 Å². The highest BCUT2D eigenvalue weighted by molar-refractivity contribution is 6.66. The molecule has 0 aliphatic heterocycles. The quantitative estimate of drug-likeness (QED) is 0.0758. The summed E-state index contributed by atoms with van der Waals surface area (Å²) in [5, 5.41) is 0. The molecule has 0 unspecified atom stereocenters. The Labute approximate surface area is 202 Å². The summed E-state index contributed by atoms with van der Waals surface area (Å²) in [5.74, 6) is 0. The smallest absolute Gasteiger partial charge is 0.371 e. The van der Waals surface area contributed by atoms with Crippen LogP contribution in [0.3, 0.4) is 0 Å². The van der Waals surface area contributed by atoms with Crippen molar-refractivity contribution in [2.45, 2.75) is 137 Å². The molecule has 0 aromatic heterocycles. The van der Waals surface area contributed by atoms with Crippen LogP contribution in [-0.4, -0.2) is 28.6 Å². The van der Waals surface area contributed by atoms with Gasteiger partial charge in [-0.15, -0.1) is 0 Å². The minimum Gasteiger partial charge on any atom is -0.371 e. The van der Waals surface area contributed by atoms with Crippen molar-refractivity contribution in [3.05, 3.63) is 23.9 Å². The summed E-state index contributed by atoms with van der Waals surface area (Å²) in [6.45, 7) is 10.1. The Morgan fingerprint density at radius 3 is 1.22 bits per heavy atom. The van der Waals surface area contributed by atoms with Crippen LogP contribution in [0.2, 0.25) is 0 Å². The molecular weight excluding hydrogens is 412 g/mol. The molecule has 4 heteroatoms. The Balaban J connectivity index is 3.56. The average Bonchev–Trinajstić information content (AvgIpc) is 2.78. The van der Waals surface area contributed by atoms with E-state index in [-0.39, 0.29) is 0 Å². The maximum absolute atomic E-state index is 5.82. The lowest BCUT2D eigenvalue weighted by atomic mass is 10.0. The molecule has 0 aromatic rings. The summed E-state index contributed by atoms with van der Waals surface area (Å²) in [6.07, 6.45) is 30.3. The fourth-order valence-corrected chi connectivity index (χ4v) is 6.12. The van der Waals surface area contributed by atoms with Crippen molar-refractivity contribution in [2.75, 3.05) is 19.8 Å². The van der Waals surface area contributed by atoms with Crippen LogP contribution in [0.25, 0.3) is 0 Å². The number of hydrogen-bond donors (Lipinski definition) is 0. The fourth-order valence-electron chi connectivity index (χ4n) is 4.03. The molecular formula is C28H56O3Si. The lowest BCUT2D eigenvalue weighted by Gasteiger charge is -2.25. The molecule has 0 saturated carbocycles. The highest BCUT2D eigenvalue weighted by atomic mass is 28.4. The summed E-state index contributed by atoms with van der Waals surface area (Å²) in [7, 11) is -2.64. The van der Waals surface area contributed by atoms with Gasteiger partial charge >= 0.3 is 8.80 Å². The van der Waals surface area contributed by atoms with Crippen LogP contribution in [0, 0.1) is 0 Å². The molecule has 0 fully saturated rings. The first-order valence-electron chi connectivity index (χ1n) is 14.0. The van der Waals surface area contributed by atoms with E-state index in [4.69, 9.17) is 13.3 Å². The molecule has 0 N–H and O–H groups in total. The fraction of sp³-hybridized carbons (Fsp3) is 0.857. The van der Waals surface area contributed by atoms with Gasteiger partial charge in [0.25, 0.3) is 0 Å². The van der Waals surface area contributed by atoms with Crippen LogP contribution in [0.5, 0.6) is 0 Å². The molecule has 0 atom stereocenters. The van der Waals surface area contributed by atoms with Gasteiger partial charge in [-0.05, 0) is 39.3 Å². The minimum absolute atomic E-state index is 0.611. The molecule has 0 amide bonds. The lowest BCUT2D eigenvalue weighted by molar-refractivity contribution is 0.0843. The first-order chi connectivity index (χ1) is 15.7. The third kappa shape index (κ3) is 20.2. The predicted octanol–water partition coefficient (Wildman–Crippen LogP) is 9.34. The average molecular weight is 469 g/mol. The van der Waals surface area contributed by atoms with Crippen LogP contribution in [-0.2, 0) is 13.3 Å². The largest absolute Gasteiger partial charge is 0.529 e. The third-order valence-corrected chi connectivity index (χ3v) is 8.48. The zero-order chi connectivity index (χ0) is 23.6. The van der Waals surface area contributed by atoms with Crippen molar-refractivity contribution in [1.82, 2.24) is 0 Å². The summed E-state index contributed by atoms with van der Waals surface area (Å²) in [5.41, 5.74) is 2.01. The third-order valence-electron chi connectivity index (χ3n) is 5.81. The molecule has 0 aliphatic carbocycles. The Kier molecular flexibility index (Phi) is 24.9. The highest BCUT2D eigenvalue weighted by Gasteiger charge is 2.37. The Hall–Kier alpha value is -0.423. The van der Waals surface area contributed by atoms with Crippen molar-refractivity contribution >= 4 is 8.80 Å². The molecule has 0 radical (unpaired) electrons. The Bertz CT molecular complexity index is 406. The highest BCUT2D eigenvalue weighted by Crippen LogP contribution is 2.15. The molecule has 0 rings (SSSR count). The predicted molar refractivity (Wildman–Crippen MR) is 143 cm³/mol. The summed E-state index contributed by atoms with van der Waals surface area (Å²) in [6, 6.07) is 0. The van der Waals surface area contributed by atoms with E-state index >= 15 is 0 Å². The summed E-state index contributed by atoms with van der Waals surface area (Å²) < 4.78 is 17.5. The SMILES string of the molecule is CCCCCCCCCCCCCCCCCCC=CC=C[Si](OCC)(OCC)OCC.